The van der Waals surface area contributed by atoms with Gasteiger partial charge in [-0.25, -0.2) is 0 Å². The maximum absolute atomic E-state index is 6.32. The number of rotatable bonds is 5. The van der Waals surface area contributed by atoms with Crippen molar-refractivity contribution in [3.8, 4) is 0 Å². The highest BCUT2D eigenvalue weighted by Gasteiger charge is 2.24. The summed E-state index contributed by atoms with van der Waals surface area (Å²) >= 11 is 6.32. The molecule has 1 aromatic carbocycles. The number of hydrogen-bond donors (Lipinski definition) is 1. The summed E-state index contributed by atoms with van der Waals surface area (Å²) in [5, 5.41) is 4.54. The monoisotopic (exact) mass is 280 g/mol. The Hall–Kier alpha value is -0.570. The molecule has 0 saturated carbocycles. The number of benzene rings is 1. The summed E-state index contributed by atoms with van der Waals surface area (Å²) in [5.74, 6) is 0. The van der Waals surface area contributed by atoms with Crippen LogP contribution in [0.15, 0.2) is 24.3 Å². The van der Waals surface area contributed by atoms with Crippen LogP contribution in [0.5, 0.6) is 0 Å². The topological polar surface area (TPSA) is 15.3 Å². The maximum atomic E-state index is 6.32. The zero-order valence-corrected chi connectivity index (χ0v) is 12.8. The van der Waals surface area contributed by atoms with Crippen LogP contribution in [0.2, 0.25) is 5.02 Å². The van der Waals surface area contributed by atoms with E-state index in [-0.39, 0.29) is 0 Å². The third-order valence-corrected chi connectivity index (χ3v) is 4.38. The molecule has 2 rings (SSSR count). The molecule has 0 radical (unpaired) electrons. The molecule has 2 unspecified atom stereocenters. The lowest BCUT2D eigenvalue weighted by molar-refractivity contribution is 0.146. The van der Waals surface area contributed by atoms with E-state index in [1.54, 1.807) is 0 Å². The van der Waals surface area contributed by atoms with E-state index in [9.17, 15) is 0 Å². The van der Waals surface area contributed by atoms with E-state index >= 15 is 0 Å². The predicted octanol–water partition coefficient (Wildman–Crippen LogP) is 3.87. The smallest absolute Gasteiger partial charge is 0.0453 e. The van der Waals surface area contributed by atoms with Gasteiger partial charge in [-0.05, 0) is 50.9 Å². The fourth-order valence-electron chi connectivity index (χ4n) is 2.88. The van der Waals surface area contributed by atoms with Gasteiger partial charge < -0.3 is 5.32 Å². The highest BCUT2D eigenvalue weighted by Crippen LogP contribution is 2.29. The maximum Gasteiger partial charge on any atom is 0.0453 e. The molecular formula is C16H25ClN2. The van der Waals surface area contributed by atoms with Crippen LogP contribution in [-0.2, 0) is 0 Å². The normalized spacial score (nSPS) is 22.4. The number of nitrogens with one attached hydrogen (secondary N) is 1. The summed E-state index contributed by atoms with van der Waals surface area (Å²) in [7, 11) is 0. The van der Waals surface area contributed by atoms with Gasteiger partial charge in [-0.3, -0.25) is 4.90 Å². The second-order valence-corrected chi connectivity index (χ2v) is 5.89. The third kappa shape index (κ3) is 3.95. The SMILES string of the molecule is CCCNC1CCCN(C(C)c2ccccc2Cl)C1. The molecule has 1 saturated heterocycles. The molecule has 2 atom stereocenters. The molecule has 1 aliphatic heterocycles. The lowest BCUT2D eigenvalue weighted by Gasteiger charge is -2.37. The molecule has 3 heteroatoms. The minimum Gasteiger partial charge on any atom is -0.313 e. The van der Waals surface area contributed by atoms with Crippen molar-refractivity contribution in [3.63, 3.8) is 0 Å². The van der Waals surface area contributed by atoms with Crippen LogP contribution in [0.1, 0.15) is 44.7 Å². The van der Waals surface area contributed by atoms with Crippen molar-refractivity contribution >= 4 is 11.6 Å². The van der Waals surface area contributed by atoms with E-state index in [0.29, 0.717) is 12.1 Å². The Labute approximate surface area is 122 Å². The Morgan fingerprint density at radius 3 is 2.95 bits per heavy atom. The van der Waals surface area contributed by atoms with Crippen LogP contribution in [0.3, 0.4) is 0 Å². The molecule has 1 heterocycles. The number of nitrogens with zero attached hydrogens (tertiary/aromatic N) is 1. The summed E-state index contributed by atoms with van der Waals surface area (Å²) in [5.41, 5.74) is 1.25. The van der Waals surface area contributed by atoms with Crippen molar-refractivity contribution in [3.05, 3.63) is 34.9 Å². The van der Waals surface area contributed by atoms with Crippen LogP contribution in [0.4, 0.5) is 0 Å². The molecule has 1 fully saturated rings. The molecule has 0 spiro atoms. The van der Waals surface area contributed by atoms with E-state index in [1.807, 2.05) is 12.1 Å². The molecule has 0 bridgehead atoms. The van der Waals surface area contributed by atoms with E-state index < -0.39 is 0 Å². The summed E-state index contributed by atoms with van der Waals surface area (Å²) in [4.78, 5) is 2.55. The highest BCUT2D eigenvalue weighted by molar-refractivity contribution is 6.31. The molecule has 19 heavy (non-hydrogen) atoms. The first-order valence-electron chi connectivity index (χ1n) is 7.44. The number of hydrogen-bond acceptors (Lipinski definition) is 2. The van der Waals surface area contributed by atoms with Gasteiger partial charge in [-0.1, -0.05) is 36.7 Å². The van der Waals surface area contributed by atoms with Crippen molar-refractivity contribution in [1.82, 2.24) is 10.2 Å². The predicted molar refractivity (Wildman–Crippen MR) is 82.8 cm³/mol. The minimum atomic E-state index is 0.403. The lowest BCUT2D eigenvalue weighted by Crippen LogP contribution is -2.46. The van der Waals surface area contributed by atoms with Crippen LogP contribution >= 0.6 is 11.6 Å². The van der Waals surface area contributed by atoms with Crippen molar-refractivity contribution in [2.45, 2.75) is 45.2 Å². The van der Waals surface area contributed by atoms with Crippen molar-refractivity contribution in [2.24, 2.45) is 0 Å². The molecule has 0 aliphatic carbocycles. The van der Waals surface area contributed by atoms with Crippen LogP contribution in [-0.4, -0.2) is 30.6 Å². The van der Waals surface area contributed by atoms with Gasteiger partial charge in [0, 0.05) is 23.7 Å². The largest absolute Gasteiger partial charge is 0.313 e. The molecule has 0 aromatic heterocycles. The van der Waals surface area contributed by atoms with E-state index in [0.717, 1.165) is 18.1 Å². The standard InChI is InChI=1S/C16H25ClN2/c1-3-10-18-14-7-6-11-19(12-14)13(2)15-8-4-5-9-16(15)17/h4-5,8-9,13-14,18H,3,6-7,10-12H2,1-2H3. The number of likely N-dealkylation sites (tertiary alicyclic amines) is 1. The first kappa shape index (κ1) is 14.8. The van der Waals surface area contributed by atoms with Gasteiger partial charge >= 0.3 is 0 Å². The highest BCUT2D eigenvalue weighted by atomic mass is 35.5. The molecule has 1 aliphatic rings. The van der Waals surface area contributed by atoms with Crippen molar-refractivity contribution in [2.75, 3.05) is 19.6 Å². The van der Waals surface area contributed by atoms with E-state index in [1.165, 1.54) is 31.4 Å². The first-order chi connectivity index (χ1) is 9.22. The van der Waals surface area contributed by atoms with Crippen LogP contribution in [0, 0.1) is 0 Å². The van der Waals surface area contributed by atoms with Gasteiger partial charge in [-0.2, -0.15) is 0 Å². The van der Waals surface area contributed by atoms with Gasteiger partial charge in [0.25, 0.3) is 0 Å². The summed E-state index contributed by atoms with van der Waals surface area (Å²) in [6.07, 6.45) is 3.78. The van der Waals surface area contributed by atoms with Crippen LogP contribution in [0.25, 0.3) is 0 Å². The third-order valence-electron chi connectivity index (χ3n) is 4.04. The Morgan fingerprint density at radius 2 is 2.21 bits per heavy atom. The minimum absolute atomic E-state index is 0.403. The number of halogens is 1. The zero-order valence-electron chi connectivity index (χ0n) is 12.0. The van der Waals surface area contributed by atoms with Gasteiger partial charge in [-0.15, -0.1) is 0 Å². The summed E-state index contributed by atoms with van der Waals surface area (Å²) in [6, 6.07) is 9.26. The van der Waals surface area contributed by atoms with E-state index in [2.05, 4.69) is 36.2 Å². The Balaban J connectivity index is 1.99. The Kier molecular flexibility index (Phi) is 5.68. The van der Waals surface area contributed by atoms with Crippen LogP contribution < -0.4 is 5.32 Å². The second-order valence-electron chi connectivity index (χ2n) is 5.49. The average Bonchev–Trinajstić information content (AvgIpc) is 2.45. The van der Waals surface area contributed by atoms with Gasteiger partial charge in [0.15, 0.2) is 0 Å². The van der Waals surface area contributed by atoms with Gasteiger partial charge in [0.2, 0.25) is 0 Å². The second kappa shape index (κ2) is 7.28. The molecule has 2 nitrogen and oxygen atoms in total. The van der Waals surface area contributed by atoms with Gasteiger partial charge in [0.1, 0.15) is 0 Å². The molecule has 0 amide bonds. The van der Waals surface area contributed by atoms with Gasteiger partial charge in [0.05, 0.1) is 0 Å². The number of piperidine rings is 1. The summed E-state index contributed by atoms with van der Waals surface area (Å²) in [6.45, 7) is 7.92. The Morgan fingerprint density at radius 1 is 1.42 bits per heavy atom. The zero-order chi connectivity index (χ0) is 13.7. The molecule has 1 aromatic rings. The molecule has 1 N–H and O–H groups in total. The molecule has 106 valence electrons. The first-order valence-corrected chi connectivity index (χ1v) is 7.82. The fraction of sp³-hybridized carbons (Fsp3) is 0.625. The fourth-order valence-corrected chi connectivity index (χ4v) is 3.18. The average molecular weight is 281 g/mol. The van der Waals surface area contributed by atoms with E-state index in [4.69, 9.17) is 11.6 Å². The Bertz CT molecular complexity index is 394. The quantitative estimate of drug-likeness (QED) is 0.881. The van der Waals surface area contributed by atoms with Crippen molar-refractivity contribution in [1.29, 1.82) is 0 Å². The summed E-state index contributed by atoms with van der Waals surface area (Å²) < 4.78 is 0. The molecular weight excluding hydrogens is 256 g/mol. The van der Waals surface area contributed by atoms with Crippen molar-refractivity contribution < 1.29 is 0 Å². The lowest BCUT2D eigenvalue weighted by atomic mass is 10.0.